The molecule has 0 aromatic heterocycles. The molecule has 4 aliphatic carbocycles. The van der Waals surface area contributed by atoms with Crippen molar-refractivity contribution in [3.8, 4) is 11.5 Å². The molecule has 0 unspecified atom stereocenters. The second-order valence-corrected chi connectivity index (χ2v) is 11.9. The molecule has 0 radical (unpaired) electrons. The van der Waals surface area contributed by atoms with Crippen LogP contribution in [0.3, 0.4) is 0 Å². The van der Waals surface area contributed by atoms with E-state index < -0.39 is 11.9 Å². The molecule has 38 heavy (non-hydrogen) atoms. The van der Waals surface area contributed by atoms with Crippen LogP contribution in [0.15, 0.2) is 36.4 Å². The van der Waals surface area contributed by atoms with Crippen LogP contribution < -0.4 is 25.4 Å². The van der Waals surface area contributed by atoms with Gasteiger partial charge in [0.05, 0.1) is 11.1 Å². The number of amides is 2. The maximum absolute atomic E-state index is 13.6. The maximum Gasteiger partial charge on any atom is 0.261 e. The normalized spacial score (nSPS) is 32.4. The maximum atomic E-state index is 13.6. The summed E-state index contributed by atoms with van der Waals surface area (Å²) in [5.41, 5.74) is 0.207. The fourth-order valence-electron chi connectivity index (χ4n) is 6.21. The Kier molecular flexibility index (Phi) is 6.45. The van der Waals surface area contributed by atoms with Gasteiger partial charge in [0.2, 0.25) is 0 Å². The monoisotopic (exact) mass is 563 g/mol. The predicted octanol–water partition coefficient (Wildman–Crippen LogP) is 3.42. The van der Waals surface area contributed by atoms with Crippen molar-refractivity contribution < 1.29 is 28.6 Å². The Labute approximate surface area is 229 Å². The summed E-state index contributed by atoms with van der Waals surface area (Å²) < 4.78 is 25.0. The second kappa shape index (κ2) is 9.55. The quantitative estimate of drug-likeness (QED) is 0.392. The standard InChI is InChI=1S/C27H28Cl2FN3O5/c28-14-1-4-22-18(5-14)21(31-15-6-16(34)7-15)9-23(38-22)25(36)33-27-11-26(12-27,13-27)32-24(35)10-37-17-2-3-19(29)20(30)8-17/h1-5,8,15-16,21,23,31,34H,6-7,9-13H2,(H,32,35)(H,33,36)/t15?,16?,21-,23-,26?,27?/m1/s1. The van der Waals surface area contributed by atoms with E-state index in [1.807, 2.05) is 6.07 Å². The summed E-state index contributed by atoms with van der Waals surface area (Å²) in [4.78, 5) is 25.6. The van der Waals surface area contributed by atoms with Gasteiger partial charge in [0.15, 0.2) is 12.7 Å². The highest BCUT2D eigenvalue weighted by atomic mass is 35.5. The number of carbonyl (C=O) groups is 2. The Morgan fingerprint density at radius 3 is 2.50 bits per heavy atom. The molecular formula is C27H28Cl2FN3O5. The fourth-order valence-corrected chi connectivity index (χ4v) is 6.51. The lowest BCUT2D eigenvalue weighted by Gasteiger charge is -2.70. The lowest BCUT2D eigenvalue weighted by atomic mass is 9.44. The van der Waals surface area contributed by atoms with Gasteiger partial charge in [-0.25, -0.2) is 4.39 Å². The van der Waals surface area contributed by atoms with Crippen molar-refractivity contribution >= 4 is 35.0 Å². The molecule has 2 aromatic rings. The van der Waals surface area contributed by atoms with Gasteiger partial charge in [0.25, 0.3) is 11.8 Å². The zero-order valence-electron chi connectivity index (χ0n) is 20.4. The van der Waals surface area contributed by atoms with Gasteiger partial charge in [-0.3, -0.25) is 9.59 Å². The lowest BCUT2D eigenvalue weighted by molar-refractivity contribution is -0.154. The van der Waals surface area contributed by atoms with Gasteiger partial charge in [-0.05, 0) is 62.4 Å². The smallest absolute Gasteiger partial charge is 0.261 e. The van der Waals surface area contributed by atoms with Crippen molar-refractivity contribution in [3.05, 3.63) is 57.8 Å². The zero-order valence-corrected chi connectivity index (χ0v) is 21.9. The number of carbonyl (C=O) groups excluding carboxylic acids is 2. The Morgan fingerprint density at radius 2 is 1.79 bits per heavy atom. The minimum atomic E-state index is -0.668. The van der Waals surface area contributed by atoms with E-state index in [0.29, 0.717) is 49.3 Å². The molecule has 2 aromatic carbocycles. The molecule has 2 amide bonds. The number of benzene rings is 2. The molecule has 1 aliphatic heterocycles. The molecule has 11 heteroatoms. The second-order valence-electron chi connectivity index (χ2n) is 11.1. The van der Waals surface area contributed by atoms with Gasteiger partial charge in [0.1, 0.15) is 17.3 Å². The topological polar surface area (TPSA) is 109 Å². The van der Waals surface area contributed by atoms with Crippen molar-refractivity contribution in [2.75, 3.05) is 6.61 Å². The number of aliphatic hydroxyl groups excluding tert-OH is 1. The molecule has 2 bridgehead atoms. The van der Waals surface area contributed by atoms with Crippen LogP contribution in [-0.4, -0.2) is 52.9 Å². The van der Waals surface area contributed by atoms with Gasteiger partial charge >= 0.3 is 0 Å². The van der Waals surface area contributed by atoms with Crippen LogP contribution in [-0.2, 0) is 9.59 Å². The van der Waals surface area contributed by atoms with Crippen LogP contribution in [0.25, 0.3) is 0 Å². The van der Waals surface area contributed by atoms with Gasteiger partial charge < -0.3 is 30.5 Å². The Morgan fingerprint density at radius 1 is 1.05 bits per heavy atom. The molecule has 2 atom stereocenters. The predicted molar refractivity (Wildman–Crippen MR) is 138 cm³/mol. The van der Waals surface area contributed by atoms with E-state index in [1.165, 1.54) is 12.1 Å². The van der Waals surface area contributed by atoms with E-state index in [-0.39, 0.29) is 58.5 Å². The van der Waals surface area contributed by atoms with Gasteiger partial charge in [0, 0.05) is 46.2 Å². The van der Waals surface area contributed by atoms with Crippen LogP contribution >= 0.6 is 23.2 Å². The number of rotatable bonds is 8. The minimum Gasteiger partial charge on any atom is -0.484 e. The molecule has 0 saturated heterocycles. The summed E-state index contributed by atoms with van der Waals surface area (Å²) in [6, 6.07) is 9.47. The average molecular weight is 564 g/mol. The van der Waals surface area contributed by atoms with E-state index in [1.54, 1.807) is 12.1 Å². The van der Waals surface area contributed by atoms with Crippen molar-refractivity contribution in [1.29, 1.82) is 0 Å². The van der Waals surface area contributed by atoms with Crippen molar-refractivity contribution in [3.63, 3.8) is 0 Å². The molecule has 1 heterocycles. The van der Waals surface area contributed by atoms with Crippen LogP contribution in [0.5, 0.6) is 11.5 Å². The van der Waals surface area contributed by atoms with E-state index >= 15 is 0 Å². The minimum absolute atomic E-state index is 0.0137. The van der Waals surface area contributed by atoms with E-state index in [9.17, 15) is 19.1 Å². The van der Waals surface area contributed by atoms with Crippen molar-refractivity contribution in [1.82, 2.24) is 16.0 Å². The summed E-state index contributed by atoms with van der Waals surface area (Å²) in [5.74, 6) is -0.249. The van der Waals surface area contributed by atoms with Crippen LogP contribution in [0, 0.1) is 5.82 Å². The average Bonchev–Trinajstić information content (AvgIpc) is 2.81. The molecular weight excluding hydrogens is 536 g/mol. The highest BCUT2D eigenvalue weighted by Gasteiger charge is 2.69. The first kappa shape index (κ1) is 25.7. The summed E-state index contributed by atoms with van der Waals surface area (Å²) in [6.45, 7) is -0.242. The highest BCUT2D eigenvalue weighted by Crippen LogP contribution is 2.60. The van der Waals surface area contributed by atoms with Crippen molar-refractivity contribution in [2.24, 2.45) is 0 Å². The summed E-state index contributed by atoms with van der Waals surface area (Å²) in [5, 5.41) is 19.9. The molecule has 4 N–H and O–H groups in total. The third-order valence-corrected chi connectivity index (χ3v) is 8.53. The number of aliphatic hydroxyl groups is 1. The third-order valence-electron chi connectivity index (χ3n) is 7.99. The van der Waals surface area contributed by atoms with Crippen molar-refractivity contribution in [2.45, 2.75) is 73.9 Å². The van der Waals surface area contributed by atoms with Gasteiger partial charge in [-0.1, -0.05) is 23.2 Å². The number of ether oxygens (including phenoxy) is 2. The summed E-state index contributed by atoms with van der Waals surface area (Å²) in [6.07, 6.45) is 2.76. The first-order valence-electron chi connectivity index (χ1n) is 12.7. The number of hydrogen-bond donors (Lipinski definition) is 4. The van der Waals surface area contributed by atoms with Gasteiger partial charge in [-0.2, -0.15) is 0 Å². The molecule has 7 rings (SSSR count). The molecule has 5 aliphatic rings. The number of nitrogens with one attached hydrogen (secondary N) is 3. The number of fused-ring (bicyclic) bond motifs is 1. The molecule has 202 valence electrons. The fraction of sp³-hybridized carbons (Fsp3) is 0.481. The summed E-state index contributed by atoms with van der Waals surface area (Å²) >= 11 is 11.9. The van der Waals surface area contributed by atoms with Crippen LogP contribution in [0.2, 0.25) is 10.0 Å². The lowest BCUT2D eigenvalue weighted by Crippen LogP contribution is -2.84. The summed E-state index contributed by atoms with van der Waals surface area (Å²) in [7, 11) is 0. The number of halogens is 3. The van der Waals surface area contributed by atoms with Crippen LogP contribution in [0.4, 0.5) is 4.39 Å². The SMILES string of the molecule is O=C(COc1ccc(Cl)c(F)c1)NC12CC(NC(=O)[C@H]3C[C@@H](NC4CC(O)C4)c4cc(Cl)ccc4O3)(C1)C2. The zero-order chi connectivity index (χ0) is 26.7. The Balaban J connectivity index is 1.01. The molecule has 8 nitrogen and oxygen atoms in total. The van der Waals surface area contributed by atoms with Crippen LogP contribution in [0.1, 0.15) is 50.1 Å². The first-order valence-corrected chi connectivity index (χ1v) is 13.5. The largest absolute Gasteiger partial charge is 0.484 e. The first-order chi connectivity index (χ1) is 18.1. The Hall–Kier alpha value is -2.59. The number of hydrogen-bond acceptors (Lipinski definition) is 6. The van der Waals surface area contributed by atoms with Gasteiger partial charge in [-0.15, -0.1) is 0 Å². The molecule has 0 spiro atoms. The molecule has 4 saturated carbocycles. The van der Waals surface area contributed by atoms with E-state index in [4.69, 9.17) is 32.7 Å². The highest BCUT2D eigenvalue weighted by molar-refractivity contribution is 6.31. The third kappa shape index (κ3) is 4.93. The van der Waals surface area contributed by atoms with E-state index in [0.717, 1.165) is 11.6 Å². The van der Waals surface area contributed by atoms with E-state index in [2.05, 4.69) is 16.0 Å². The Bertz CT molecular complexity index is 1270. The molecule has 4 fully saturated rings.